The van der Waals surface area contributed by atoms with Crippen LogP contribution < -0.4 is 21.9 Å². The van der Waals surface area contributed by atoms with Gasteiger partial charge < -0.3 is 10.6 Å². The third-order valence-electron chi connectivity index (χ3n) is 3.78. The summed E-state index contributed by atoms with van der Waals surface area (Å²) in [6.45, 7) is 6.62. The van der Waals surface area contributed by atoms with Crippen molar-refractivity contribution in [3.8, 4) is 0 Å². The molecule has 0 fully saturated rings. The van der Waals surface area contributed by atoms with E-state index in [1.165, 1.54) is 20.8 Å². The summed E-state index contributed by atoms with van der Waals surface area (Å²) in [6, 6.07) is 1.71. The first kappa shape index (κ1) is 19.0. The van der Waals surface area contributed by atoms with Crippen LogP contribution in [0.3, 0.4) is 0 Å². The molecule has 0 saturated carbocycles. The summed E-state index contributed by atoms with van der Waals surface area (Å²) >= 11 is 1.41. The molecule has 0 spiro atoms. The molecular formula is C17H24N4O3S. The van der Waals surface area contributed by atoms with Gasteiger partial charge in [0.25, 0.3) is 11.5 Å². The van der Waals surface area contributed by atoms with Crippen molar-refractivity contribution < 1.29 is 4.79 Å². The number of carbonyl (C=O) groups excluding carboxylic acids is 1. The minimum atomic E-state index is -0.637. The van der Waals surface area contributed by atoms with E-state index in [2.05, 4.69) is 4.98 Å². The zero-order chi connectivity index (χ0) is 18.6. The van der Waals surface area contributed by atoms with Crippen LogP contribution in [0.25, 0.3) is 0 Å². The van der Waals surface area contributed by atoms with Gasteiger partial charge in [0.2, 0.25) is 0 Å². The monoisotopic (exact) mass is 364 g/mol. The maximum absolute atomic E-state index is 12.9. The summed E-state index contributed by atoms with van der Waals surface area (Å²) in [6.07, 6.45) is 1.58. The highest BCUT2D eigenvalue weighted by atomic mass is 32.1. The van der Waals surface area contributed by atoms with Gasteiger partial charge in [-0.2, -0.15) is 11.3 Å². The van der Waals surface area contributed by atoms with Gasteiger partial charge in [-0.3, -0.25) is 19.1 Å². The summed E-state index contributed by atoms with van der Waals surface area (Å²) in [5, 5.41) is 3.54. The summed E-state index contributed by atoms with van der Waals surface area (Å²) < 4.78 is 1.32. The van der Waals surface area contributed by atoms with Gasteiger partial charge >= 0.3 is 5.69 Å². The highest BCUT2D eigenvalue weighted by Crippen LogP contribution is 2.21. The number of carbonyl (C=O) groups is 1. The fourth-order valence-corrected chi connectivity index (χ4v) is 3.19. The molecule has 2 heterocycles. The molecule has 2 rings (SSSR count). The molecule has 0 aromatic carbocycles. The Bertz CT molecular complexity index is 837. The molecule has 8 heteroatoms. The van der Waals surface area contributed by atoms with E-state index in [1.54, 1.807) is 16.8 Å². The first-order valence-electron chi connectivity index (χ1n) is 8.33. The van der Waals surface area contributed by atoms with Gasteiger partial charge in [-0.25, -0.2) is 4.79 Å². The lowest BCUT2D eigenvalue weighted by Gasteiger charge is -2.24. The van der Waals surface area contributed by atoms with Crippen LogP contribution >= 0.6 is 11.3 Å². The molecule has 0 radical (unpaired) electrons. The molecule has 0 aliphatic rings. The largest absolute Gasteiger partial charge is 0.383 e. The minimum Gasteiger partial charge on any atom is -0.383 e. The van der Waals surface area contributed by atoms with Crippen molar-refractivity contribution in [2.45, 2.75) is 40.2 Å². The molecule has 1 amide bonds. The number of nitrogens with zero attached hydrogens (tertiary/aromatic N) is 2. The quantitative estimate of drug-likeness (QED) is 0.787. The Balaban J connectivity index is 2.58. The van der Waals surface area contributed by atoms with Crippen molar-refractivity contribution in [1.82, 2.24) is 9.55 Å². The summed E-state index contributed by atoms with van der Waals surface area (Å²) in [5.74, 6) is -0.0980. The molecule has 7 nitrogen and oxygen atoms in total. The van der Waals surface area contributed by atoms with Crippen molar-refractivity contribution in [2.75, 3.05) is 17.2 Å². The van der Waals surface area contributed by atoms with Gasteiger partial charge in [-0.1, -0.05) is 27.2 Å². The van der Waals surface area contributed by atoms with Crippen LogP contribution in [0.2, 0.25) is 0 Å². The molecule has 0 saturated heterocycles. The lowest BCUT2D eigenvalue weighted by molar-refractivity contribution is 0.0986. The van der Waals surface area contributed by atoms with E-state index < -0.39 is 11.2 Å². The van der Waals surface area contributed by atoms with Gasteiger partial charge in [0.15, 0.2) is 5.69 Å². The van der Waals surface area contributed by atoms with Gasteiger partial charge in [0, 0.05) is 18.5 Å². The SMILES string of the molecule is CCCCN(C(=O)c1ccsc1)c1c(N)n(CC(C)C)c(=O)[nH]c1=O. The van der Waals surface area contributed by atoms with Crippen molar-refractivity contribution >= 4 is 28.7 Å². The Labute approximate surface area is 150 Å². The summed E-state index contributed by atoms with van der Waals surface area (Å²) in [5.41, 5.74) is 5.50. The standard InChI is InChI=1S/C17H24N4O3S/c1-4-5-7-20(16(23)12-6-8-25-10-12)13-14(18)21(9-11(2)3)17(24)19-15(13)22/h6,8,10-11H,4-5,7,9,18H2,1-3H3,(H,19,22,24). The molecule has 0 atom stereocenters. The van der Waals surface area contributed by atoms with Gasteiger partial charge in [0.1, 0.15) is 5.82 Å². The number of thiophene rings is 1. The van der Waals surface area contributed by atoms with E-state index in [4.69, 9.17) is 5.73 Å². The first-order valence-corrected chi connectivity index (χ1v) is 9.27. The van der Waals surface area contributed by atoms with Crippen molar-refractivity contribution in [3.63, 3.8) is 0 Å². The fraction of sp³-hybridized carbons (Fsp3) is 0.471. The van der Waals surface area contributed by atoms with Crippen LogP contribution in [0.5, 0.6) is 0 Å². The minimum absolute atomic E-state index is 0.0298. The van der Waals surface area contributed by atoms with E-state index in [0.717, 1.165) is 12.8 Å². The van der Waals surface area contributed by atoms with Crippen LogP contribution in [0, 0.1) is 5.92 Å². The second-order valence-corrected chi connectivity index (χ2v) is 7.10. The number of H-pyrrole nitrogens is 1. The molecule has 0 aliphatic carbocycles. The fourth-order valence-electron chi connectivity index (χ4n) is 2.56. The van der Waals surface area contributed by atoms with Crippen molar-refractivity contribution in [2.24, 2.45) is 5.92 Å². The summed E-state index contributed by atoms with van der Waals surface area (Å²) in [7, 11) is 0. The van der Waals surface area contributed by atoms with Crippen molar-refractivity contribution in [1.29, 1.82) is 0 Å². The third kappa shape index (κ3) is 4.19. The number of rotatable bonds is 7. The number of anilines is 2. The van der Waals surface area contributed by atoms with E-state index >= 15 is 0 Å². The van der Waals surface area contributed by atoms with E-state index in [-0.39, 0.29) is 23.3 Å². The second-order valence-electron chi connectivity index (χ2n) is 6.32. The maximum Gasteiger partial charge on any atom is 0.330 e. The van der Waals surface area contributed by atoms with E-state index in [1.807, 2.05) is 20.8 Å². The maximum atomic E-state index is 12.9. The van der Waals surface area contributed by atoms with E-state index in [9.17, 15) is 14.4 Å². The number of unbranched alkanes of at least 4 members (excludes halogenated alkanes) is 1. The third-order valence-corrected chi connectivity index (χ3v) is 4.46. The molecule has 136 valence electrons. The molecule has 25 heavy (non-hydrogen) atoms. The van der Waals surface area contributed by atoms with Crippen LogP contribution in [-0.4, -0.2) is 22.0 Å². The number of aromatic nitrogens is 2. The number of aromatic amines is 1. The summed E-state index contributed by atoms with van der Waals surface area (Å²) in [4.78, 5) is 41.1. The second kappa shape index (κ2) is 8.15. The zero-order valence-corrected chi connectivity index (χ0v) is 15.6. The van der Waals surface area contributed by atoms with Crippen LogP contribution in [-0.2, 0) is 6.54 Å². The number of amides is 1. The Kier molecular flexibility index (Phi) is 6.19. The lowest BCUT2D eigenvalue weighted by Crippen LogP contribution is -2.42. The molecule has 0 unspecified atom stereocenters. The average Bonchev–Trinajstić information content (AvgIpc) is 3.08. The van der Waals surface area contributed by atoms with Crippen LogP contribution in [0.1, 0.15) is 44.0 Å². The number of nitrogens with one attached hydrogen (secondary N) is 1. The Morgan fingerprint density at radius 2 is 2.12 bits per heavy atom. The zero-order valence-electron chi connectivity index (χ0n) is 14.7. The van der Waals surface area contributed by atoms with Gasteiger partial charge in [-0.05, 0) is 23.8 Å². The van der Waals surface area contributed by atoms with E-state index in [0.29, 0.717) is 18.7 Å². The first-order chi connectivity index (χ1) is 11.9. The predicted molar refractivity (Wildman–Crippen MR) is 101 cm³/mol. The smallest absolute Gasteiger partial charge is 0.330 e. The molecule has 3 N–H and O–H groups in total. The Morgan fingerprint density at radius 1 is 1.40 bits per heavy atom. The average molecular weight is 364 g/mol. The van der Waals surface area contributed by atoms with Crippen LogP contribution in [0.15, 0.2) is 26.4 Å². The molecule has 0 bridgehead atoms. The lowest BCUT2D eigenvalue weighted by atomic mass is 10.2. The Morgan fingerprint density at radius 3 is 2.68 bits per heavy atom. The number of hydrogen-bond donors (Lipinski definition) is 2. The molecule has 0 aliphatic heterocycles. The number of nitrogens with two attached hydrogens (primary N) is 1. The van der Waals surface area contributed by atoms with Crippen molar-refractivity contribution in [3.05, 3.63) is 43.2 Å². The highest BCUT2D eigenvalue weighted by Gasteiger charge is 2.25. The van der Waals surface area contributed by atoms with Gasteiger partial charge in [-0.15, -0.1) is 0 Å². The number of hydrogen-bond acceptors (Lipinski definition) is 5. The van der Waals surface area contributed by atoms with Gasteiger partial charge in [0.05, 0.1) is 5.56 Å². The topological polar surface area (TPSA) is 101 Å². The molecule has 2 aromatic rings. The normalized spacial score (nSPS) is 11.0. The molecular weight excluding hydrogens is 340 g/mol. The molecule has 2 aromatic heterocycles. The number of nitrogen functional groups attached to an aromatic ring is 1. The predicted octanol–water partition coefficient (Wildman–Crippen LogP) is 2.28. The highest BCUT2D eigenvalue weighted by molar-refractivity contribution is 7.08. The van der Waals surface area contributed by atoms with Crippen LogP contribution in [0.4, 0.5) is 11.5 Å². The Hall–Kier alpha value is -2.35.